The average Bonchev–Trinajstić information content (AvgIpc) is 3.14. The van der Waals surface area contributed by atoms with Crippen LogP contribution in [0.4, 0.5) is 5.69 Å². The Morgan fingerprint density at radius 3 is 2.67 bits per heavy atom. The van der Waals surface area contributed by atoms with Crippen LogP contribution >= 0.6 is 0 Å². The average molecular weight is 388 g/mol. The molecule has 144 valence electrons. The predicted octanol–water partition coefficient (Wildman–Crippen LogP) is 2.70. The number of para-hydroxylation sites is 1. The number of nitrogens with zero attached hydrogens (tertiary/aromatic N) is 1. The van der Waals surface area contributed by atoms with Crippen molar-refractivity contribution in [1.82, 2.24) is 10.2 Å². The summed E-state index contributed by atoms with van der Waals surface area (Å²) in [5.74, 6) is -0.255. The maximum atomic E-state index is 12.6. The van der Waals surface area contributed by atoms with E-state index in [2.05, 4.69) is 21.9 Å². The van der Waals surface area contributed by atoms with Gasteiger partial charge in [0.1, 0.15) is 0 Å². The van der Waals surface area contributed by atoms with Crippen molar-refractivity contribution in [1.29, 1.82) is 0 Å². The van der Waals surface area contributed by atoms with Crippen molar-refractivity contribution in [2.75, 3.05) is 24.4 Å². The Balaban J connectivity index is 1.68. The summed E-state index contributed by atoms with van der Waals surface area (Å²) in [5.41, 5.74) is 0.820. The van der Waals surface area contributed by atoms with Crippen LogP contribution in [0, 0.1) is 0 Å². The summed E-state index contributed by atoms with van der Waals surface area (Å²) in [7, 11) is -3.75. The van der Waals surface area contributed by atoms with Gasteiger partial charge in [-0.25, -0.2) is 8.42 Å². The molecule has 0 aliphatic carbocycles. The molecular weight excluding hydrogens is 362 g/mol. The molecule has 1 unspecified atom stereocenters. The molecule has 1 amide bonds. The van der Waals surface area contributed by atoms with Crippen molar-refractivity contribution in [3.05, 3.63) is 60.2 Å². The van der Waals surface area contributed by atoms with Gasteiger partial charge in [-0.15, -0.1) is 0 Å². The fraction of sp³-hybridized carbons (Fsp3) is 0.350. The summed E-state index contributed by atoms with van der Waals surface area (Å²) in [4.78, 5) is 14.9. The van der Waals surface area contributed by atoms with Crippen LogP contribution in [0.5, 0.6) is 0 Å². The summed E-state index contributed by atoms with van der Waals surface area (Å²) in [6.07, 6.45) is 2.22. The van der Waals surface area contributed by atoms with Gasteiger partial charge in [0.2, 0.25) is 0 Å². The van der Waals surface area contributed by atoms with Gasteiger partial charge in [-0.1, -0.05) is 31.2 Å². The van der Waals surface area contributed by atoms with Gasteiger partial charge in [-0.2, -0.15) is 0 Å². The molecule has 2 N–H and O–H groups in total. The van der Waals surface area contributed by atoms with Gasteiger partial charge >= 0.3 is 0 Å². The quantitative estimate of drug-likeness (QED) is 0.766. The van der Waals surface area contributed by atoms with E-state index in [0.29, 0.717) is 23.8 Å². The van der Waals surface area contributed by atoms with Crippen LogP contribution in [0.25, 0.3) is 0 Å². The van der Waals surface area contributed by atoms with Crippen LogP contribution < -0.4 is 10.0 Å². The summed E-state index contributed by atoms with van der Waals surface area (Å²) in [6, 6.07) is 15.1. The number of amides is 1. The number of nitrogens with one attached hydrogen (secondary N) is 2. The molecule has 7 heteroatoms. The zero-order chi connectivity index (χ0) is 19.3. The molecule has 1 aliphatic heterocycles. The van der Waals surface area contributed by atoms with Crippen LogP contribution in [-0.4, -0.2) is 44.9 Å². The van der Waals surface area contributed by atoms with Gasteiger partial charge in [0.25, 0.3) is 15.9 Å². The maximum absolute atomic E-state index is 12.6. The van der Waals surface area contributed by atoms with Gasteiger partial charge < -0.3 is 5.32 Å². The highest BCUT2D eigenvalue weighted by Crippen LogP contribution is 2.18. The van der Waals surface area contributed by atoms with Gasteiger partial charge in [0.15, 0.2) is 0 Å². The molecule has 27 heavy (non-hydrogen) atoms. The second-order valence-electron chi connectivity index (χ2n) is 6.63. The van der Waals surface area contributed by atoms with Crippen LogP contribution in [0.3, 0.4) is 0 Å². The number of benzene rings is 2. The third-order valence-corrected chi connectivity index (χ3v) is 6.21. The van der Waals surface area contributed by atoms with E-state index in [1.165, 1.54) is 12.1 Å². The molecule has 2 aromatic carbocycles. The molecule has 1 saturated heterocycles. The van der Waals surface area contributed by atoms with Gasteiger partial charge in [0, 0.05) is 23.8 Å². The first kappa shape index (κ1) is 19.4. The molecule has 0 spiro atoms. The first-order valence-corrected chi connectivity index (χ1v) is 10.7. The van der Waals surface area contributed by atoms with E-state index in [4.69, 9.17) is 0 Å². The fourth-order valence-corrected chi connectivity index (χ4v) is 4.48. The first-order chi connectivity index (χ1) is 13.0. The lowest BCUT2D eigenvalue weighted by atomic mass is 10.2. The number of anilines is 1. The Bertz CT molecular complexity index is 884. The van der Waals surface area contributed by atoms with Gasteiger partial charge in [0.05, 0.1) is 4.90 Å². The zero-order valence-electron chi connectivity index (χ0n) is 15.4. The highest BCUT2D eigenvalue weighted by Gasteiger charge is 2.23. The van der Waals surface area contributed by atoms with Gasteiger partial charge in [-0.3, -0.25) is 14.4 Å². The van der Waals surface area contributed by atoms with E-state index in [9.17, 15) is 13.2 Å². The van der Waals surface area contributed by atoms with Crippen LogP contribution in [0.15, 0.2) is 59.5 Å². The Morgan fingerprint density at radius 1 is 1.15 bits per heavy atom. The van der Waals surface area contributed by atoms with Crippen molar-refractivity contribution in [2.45, 2.75) is 30.7 Å². The second kappa shape index (κ2) is 8.54. The first-order valence-electron chi connectivity index (χ1n) is 9.20. The molecule has 0 saturated carbocycles. The molecule has 0 bridgehead atoms. The normalized spacial score (nSPS) is 17.6. The monoisotopic (exact) mass is 387 g/mol. The minimum absolute atomic E-state index is 0.0649. The van der Waals surface area contributed by atoms with E-state index in [1.807, 2.05) is 6.07 Å². The lowest BCUT2D eigenvalue weighted by molar-refractivity contribution is 0.0941. The molecule has 1 aliphatic rings. The Hall–Kier alpha value is -2.38. The van der Waals surface area contributed by atoms with E-state index in [-0.39, 0.29) is 10.8 Å². The largest absolute Gasteiger partial charge is 0.350 e. The van der Waals surface area contributed by atoms with Crippen molar-refractivity contribution in [3.63, 3.8) is 0 Å². The molecule has 1 heterocycles. The molecular formula is C20H25N3O3S. The summed E-state index contributed by atoms with van der Waals surface area (Å²) in [5, 5.41) is 2.94. The molecule has 3 rings (SSSR count). The SMILES string of the molecule is CCN1CCCC1CNC(=O)c1cccc(S(=O)(=O)Nc2ccccc2)c1. The molecule has 1 atom stereocenters. The summed E-state index contributed by atoms with van der Waals surface area (Å²) < 4.78 is 27.7. The Labute approximate surface area is 160 Å². The number of hydrogen-bond acceptors (Lipinski definition) is 4. The number of likely N-dealkylation sites (tertiary alicyclic amines) is 1. The van der Waals surface area contributed by atoms with Crippen LogP contribution in [0.1, 0.15) is 30.1 Å². The highest BCUT2D eigenvalue weighted by molar-refractivity contribution is 7.92. The van der Waals surface area contributed by atoms with E-state index in [1.54, 1.807) is 36.4 Å². The highest BCUT2D eigenvalue weighted by atomic mass is 32.2. The Kier molecular flexibility index (Phi) is 6.13. The zero-order valence-corrected chi connectivity index (χ0v) is 16.2. The van der Waals surface area contributed by atoms with Crippen molar-refractivity contribution >= 4 is 21.6 Å². The molecule has 0 radical (unpaired) electrons. The fourth-order valence-electron chi connectivity index (χ4n) is 3.38. The molecule has 1 fully saturated rings. The number of sulfonamides is 1. The number of rotatable bonds is 7. The topological polar surface area (TPSA) is 78.5 Å². The molecule has 6 nitrogen and oxygen atoms in total. The molecule has 2 aromatic rings. The number of carbonyl (C=O) groups excluding carboxylic acids is 1. The summed E-state index contributed by atoms with van der Waals surface area (Å²) >= 11 is 0. The lowest BCUT2D eigenvalue weighted by Crippen LogP contribution is -2.40. The smallest absolute Gasteiger partial charge is 0.261 e. The molecule has 0 aromatic heterocycles. The van der Waals surface area contributed by atoms with E-state index < -0.39 is 10.0 Å². The Morgan fingerprint density at radius 2 is 1.93 bits per heavy atom. The number of hydrogen-bond donors (Lipinski definition) is 2. The van der Waals surface area contributed by atoms with Crippen LogP contribution in [-0.2, 0) is 10.0 Å². The van der Waals surface area contributed by atoms with E-state index >= 15 is 0 Å². The van der Waals surface area contributed by atoms with E-state index in [0.717, 1.165) is 25.9 Å². The minimum Gasteiger partial charge on any atom is -0.350 e. The predicted molar refractivity (Wildman–Crippen MR) is 106 cm³/mol. The second-order valence-corrected chi connectivity index (χ2v) is 8.32. The third kappa shape index (κ3) is 4.87. The minimum atomic E-state index is -3.75. The number of likely N-dealkylation sites (N-methyl/N-ethyl adjacent to an activating group) is 1. The third-order valence-electron chi connectivity index (χ3n) is 4.84. The lowest BCUT2D eigenvalue weighted by Gasteiger charge is -2.22. The summed E-state index contributed by atoms with van der Waals surface area (Å²) in [6.45, 7) is 4.73. The van der Waals surface area contributed by atoms with Crippen molar-refractivity contribution in [3.8, 4) is 0 Å². The van der Waals surface area contributed by atoms with Gasteiger partial charge in [-0.05, 0) is 56.3 Å². The standard InChI is InChI=1S/C20H25N3O3S/c1-2-23-13-7-11-18(23)15-21-20(24)16-8-6-12-19(14-16)27(25,26)22-17-9-4-3-5-10-17/h3-6,8-10,12,14,18,22H,2,7,11,13,15H2,1H3,(H,21,24). The number of carbonyl (C=O) groups is 1. The van der Waals surface area contributed by atoms with Crippen molar-refractivity contribution < 1.29 is 13.2 Å². The maximum Gasteiger partial charge on any atom is 0.261 e. The van der Waals surface area contributed by atoms with Crippen LogP contribution in [0.2, 0.25) is 0 Å². The van der Waals surface area contributed by atoms with Crippen molar-refractivity contribution in [2.24, 2.45) is 0 Å².